The largest absolute Gasteiger partial charge is 0.446 e. The normalized spacial score (nSPS) is 16.4. The maximum atomic E-state index is 12.4. The Labute approximate surface area is 157 Å². The van der Waals surface area contributed by atoms with Crippen LogP contribution in [0.5, 0.6) is 0 Å². The molecule has 0 radical (unpaired) electrons. The Kier molecular flexibility index (Phi) is 4.89. The number of nitrogen functional groups attached to an aromatic ring is 1. The summed E-state index contributed by atoms with van der Waals surface area (Å²) in [6.45, 7) is 0.956. The number of nitrogens with one attached hydrogen (secondary N) is 2. The van der Waals surface area contributed by atoms with Crippen molar-refractivity contribution in [3.8, 4) is 0 Å². The Morgan fingerprint density at radius 2 is 1.85 bits per heavy atom. The summed E-state index contributed by atoms with van der Waals surface area (Å²) in [7, 11) is 0. The van der Waals surface area contributed by atoms with Crippen LogP contribution >= 0.6 is 0 Å². The van der Waals surface area contributed by atoms with Crippen LogP contribution in [0.15, 0.2) is 59.2 Å². The number of hydrogen-bond donors (Lipinski definition) is 3. The second-order valence-electron chi connectivity index (χ2n) is 6.79. The molecule has 4 rings (SSSR count). The highest BCUT2D eigenvalue weighted by Crippen LogP contribution is 2.22. The van der Waals surface area contributed by atoms with E-state index in [4.69, 9.17) is 10.2 Å². The average molecular weight is 362 g/mol. The summed E-state index contributed by atoms with van der Waals surface area (Å²) in [4.78, 5) is 16.7. The molecule has 4 N–H and O–H groups in total. The van der Waals surface area contributed by atoms with Crippen molar-refractivity contribution in [1.29, 1.82) is 0 Å². The topological polar surface area (TPSA) is 93.2 Å². The van der Waals surface area contributed by atoms with Gasteiger partial charge in [0.2, 0.25) is 5.89 Å². The molecule has 1 unspecified atom stereocenters. The lowest BCUT2D eigenvalue weighted by atomic mass is 10.0. The summed E-state index contributed by atoms with van der Waals surface area (Å²) >= 11 is 0. The van der Waals surface area contributed by atoms with Gasteiger partial charge in [-0.05, 0) is 61.2 Å². The van der Waals surface area contributed by atoms with E-state index in [1.807, 2.05) is 48.5 Å². The summed E-state index contributed by atoms with van der Waals surface area (Å²) in [5.41, 5.74) is 9.85. The van der Waals surface area contributed by atoms with Gasteiger partial charge in [0.15, 0.2) is 5.69 Å². The molecule has 6 nitrogen and oxygen atoms in total. The molecule has 3 aromatic rings. The molecule has 0 aliphatic carbocycles. The third kappa shape index (κ3) is 4.17. The summed E-state index contributed by atoms with van der Waals surface area (Å²) in [6, 6.07) is 15.7. The minimum Gasteiger partial charge on any atom is -0.446 e. The first-order valence-corrected chi connectivity index (χ1v) is 9.11. The van der Waals surface area contributed by atoms with Crippen molar-refractivity contribution in [2.45, 2.75) is 25.3 Å². The highest BCUT2D eigenvalue weighted by molar-refractivity contribution is 6.02. The lowest BCUT2D eigenvalue weighted by molar-refractivity contribution is 0.102. The number of nitrogens with two attached hydrogens (primary N) is 1. The molecule has 2 heterocycles. The van der Waals surface area contributed by atoms with Crippen molar-refractivity contribution in [2.24, 2.45) is 0 Å². The SMILES string of the molecule is Nc1ccc(Cc2ccc(NC(=O)c3coc(C4CCCN4)n3)cc2)cc1. The number of hydrogen-bond acceptors (Lipinski definition) is 5. The van der Waals surface area contributed by atoms with E-state index in [1.54, 1.807) is 0 Å². The molecule has 0 saturated carbocycles. The lowest BCUT2D eigenvalue weighted by Crippen LogP contribution is -2.15. The molecule has 6 heteroatoms. The van der Waals surface area contributed by atoms with E-state index in [0.29, 0.717) is 11.6 Å². The van der Waals surface area contributed by atoms with Crippen LogP contribution in [0, 0.1) is 0 Å². The van der Waals surface area contributed by atoms with Crippen molar-refractivity contribution in [1.82, 2.24) is 10.3 Å². The third-order valence-electron chi connectivity index (χ3n) is 4.71. The number of benzene rings is 2. The first kappa shape index (κ1) is 17.3. The maximum Gasteiger partial charge on any atom is 0.277 e. The quantitative estimate of drug-likeness (QED) is 0.604. The van der Waals surface area contributed by atoms with Gasteiger partial charge in [0, 0.05) is 11.4 Å². The van der Waals surface area contributed by atoms with Crippen LogP contribution in [0.4, 0.5) is 11.4 Å². The molecular weight excluding hydrogens is 340 g/mol. The zero-order valence-corrected chi connectivity index (χ0v) is 14.9. The monoisotopic (exact) mass is 362 g/mol. The van der Waals surface area contributed by atoms with Gasteiger partial charge in [0.25, 0.3) is 5.91 Å². The molecule has 2 aromatic carbocycles. The summed E-state index contributed by atoms with van der Waals surface area (Å²) in [5, 5.41) is 6.17. The third-order valence-corrected chi connectivity index (χ3v) is 4.71. The summed E-state index contributed by atoms with van der Waals surface area (Å²) in [5.74, 6) is 0.311. The molecule has 27 heavy (non-hydrogen) atoms. The van der Waals surface area contributed by atoms with Gasteiger partial charge in [0.05, 0.1) is 6.04 Å². The van der Waals surface area contributed by atoms with Crippen LogP contribution in [0.3, 0.4) is 0 Å². The highest BCUT2D eigenvalue weighted by atomic mass is 16.3. The fourth-order valence-corrected chi connectivity index (χ4v) is 3.22. The lowest BCUT2D eigenvalue weighted by Gasteiger charge is -2.06. The number of amides is 1. The second-order valence-corrected chi connectivity index (χ2v) is 6.79. The maximum absolute atomic E-state index is 12.4. The number of nitrogens with zero attached hydrogens (tertiary/aromatic N) is 1. The zero-order chi connectivity index (χ0) is 18.6. The van der Waals surface area contributed by atoms with E-state index in [1.165, 1.54) is 11.8 Å². The molecule has 138 valence electrons. The van der Waals surface area contributed by atoms with Gasteiger partial charge in [0.1, 0.15) is 6.26 Å². The fraction of sp³-hybridized carbons (Fsp3) is 0.238. The predicted molar refractivity (Wildman–Crippen MR) is 105 cm³/mol. The number of oxazole rings is 1. The summed E-state index contributed by atoms with van der Waals surface area (Å²) < 4.78 is 5.46. The van der Waals surface area contributed by atoms with Crippen molar-refractivity contribution >= 4 is 17.3 Å². The van der Waals surface area contributed by atoms with Gasteiger partial charge in [-0.15, -0.1) is 0 Å². The molecule has 1 fully saturated rings. The van der Waals surface area contributed by atoms with Crippen molar-refractivity contribution in [3.05, 3.63) is 77.5 Å². The van der Waals surface area contributed by atoms with Crippen LogP contribution in [-0.4, -0.2) is 17.4 Å². The van der Waals surface area contributed by atoms with Gasteiger partial charge in [-0.1, -0.05) is 24.3 Å². The summed E-state index contributed by atoms with van der Waals surface area (Å²) in [6.07, 6.45) is 4.31. The van der Waals surface area contributed by atoms with Crippen LogP contribution in [0.25, 0.3) is 0 Å². The van der Waals surface area contributed by atoms with Crippen LogP contribution in [0.2, 0.25) is 0 Å². The Morgan fingerprint density at radius 3 is 2.52 bits per heavy atom. The van der Waals surface area contributed by atoms with E-state index in [-0.39, 0.29) is 11.9 Å². The zero-order valence-electron chi connectivity index (χ0n) is 14.9. The first-order valence-electron chi connectivity index (χ1n) is 9.11. The molecule has 1 aromatic heterocycles. The van der Waals surface area contributed by atoms with Crippen LogP contribution in [-0.2, 0) is 6.42 Å². The predicted octanol–water partition coefficient (Wildman–Crippen LogP) is 3.52. The number of carbonyl (C=O) groups is 1. The van der Waals surface area contributed by atoms with Gasteiger partial charge in [-0.3, -0.25) is 4.79 Å². The molecule has 1 aliphatic rings. The number of carbonyl (C=O) groups excluding carboxylic acids is 1. The van der Waals surface area contributed by atoms with Crippen LogP contribution in [0.1, 0.15) is 46.4 Å². The Balaban J connectivity index is 1.37. The minimum absolute atomic E-state index is 0.110. The van der Waals surface area contributed by atoms with Crippen molar-refractivity contribution < 1.29 is 9.21 Å². The minimum atomic E-state index is -0.269. The van der Waals surface area contributed by atoms with Gasteiger partial charge in [-0.25, -0.2) is 4.98 Å². The fourth-order valence-electron chi connectivity index (χ4n) is 3.22. The van der Waals surface area contributed by atoms with E-state index in [9.17, 15) is 4.79 Å². The van der Waals surface area contributed by atoms with Gasteiger partial charge in [-0.2, -0.15) is 0 Å². The van der Waals surface area contributed by atoms with E-state index in [0.717, 1.165) is 42.7 Å². The number of anilines is 2. The van der Waals surface area contributed by atoms with Crippen molar-refractivity contribution in [2.75, 3.05) is 17.6 Å². The Bertz CT molecular complexity index is 910. The van der Waals surface area contributed by atoms with Crippen LogP contribution < -0.4 is 16.4 Å². The van der Waals surface area contributed by atoms with E-state index < -0.39 is 0 Å². The van der Waals surface area contributed by atoms with Gasteiger partial charge >= 0.3 is 0 Å². The van der Waals surface area contributed by atoms with E-state index >= 15 is 0 Å². The molecule has 0 spiro atoms. The first-order chi connectivity index (χ1) is 13.2. The number of aromatic nitrogens is 1. The molecular formula is C21H22N4O2. The average Bonchev–Trinajstić information content (AvgIpc) is 3.36. The standard InChI is InChI=1S/C21H22N4O2/c22-16-7-3-14(4-8-16)12-15-5-9-17(10-6-15)24-20(26)19-13-27-21(25-19)18-2-1-11-23-18/h3-10,13,18,23H,1-2,11-12,22H2,(H,24,26). The van der Waals surface area contributed by atoms with Crippen molar-refractivity contribution in [3.63, 3.8) is 0 Å². The molecule has 1 aliphatic heterocycles. The molecule has 1 saturated heterocycles. The molecule has 0 bridgehead atoms. The number of rotatable bonds is 5. The smallest absolute Gasteiger partial charge is 0.277 e. The molecule has 1 atom stereocenters. The molecule has 1 amide bonds. The highest BCUT2D eigenvalue weighted by Gasteiger charge is 2.22. The Morgan fingerprint density at radius 1 is 1.15 bits per heavy atom. The van der Waals surface area contributed by atoms with Gasteiger partial charge < -0.3 is 20.8 Å². The second kappa shape index (κ2) is 7.63. The Hall–Kier alpha value is -3.12. The van der Waals surface area contributed by atoms with E-state index in [2.05, 4.69) is 15.6 Å².